The van der Waals surface area contributed by atoms with Crippen molar-refractivity contribution < 1.29 is 0 Å². The van der Waals surface area contributed by atoms with E-state index < -0.39 is 0 Å². The van der Waals surface area contributed by atoms with E-state index in [-0.39, 0.29) is 0 Å². The Hall–Kier alpha value is -2.13. The van der Waals surface area contributed by atoms with Crippen molar-refractivity contribution in [3.63, 3.8) is 0 Å². The van der Waals surface area contributed by atoms with Crippen LogP contribution in [0.2, 0.25) is 0 Å². The predicted octanol–water partition coefficient (Wildman–Crippen LogP) is 4.21. The molecule has 2 aromatic rings. The Bertz CT molecular complexity index is 827. The lowest BCUT2D eigenvalue weighted by atomic mass is 9.86. The van der Waals surface area contributed by atoms with Gasteiger partial charge in [0, 0.05) is 22.9 Å². The van der Waals surface area contributed by atoms with Crippen molar-refractivity contribution in [3.05, 3.63) is 70.8 Å². The first-order valence-electron chi connectivity index (χ1n) is 7.48. The molecule has 0 bridgehead atoms. The van der Waals surface area contributed by atoms with Crippen LogP contribution in [0.15, 0.2) is 53.6 Å². The molecule has 0 fully saturated rings. The Morgan fingerprint density at radius 2 is 2.09 bits per heavy atom. The maximum absolute atomic E-state index is 6.21. The molecule has 3 nitrogen and oxygen atoms in total. The van der Waals surface area contributed by atoms with Crippen LogP contribution in [0.5, 0.6) is 0 Å². The number of aromatic nitrogens is 3. The third-order valence-electron chi connectivity index (χ3n) is 4.28. The Balaban J connectivity index is 1.89. The summed E-state index contributed by atoms with van der Waals surface area (Å²) < 4.78 is 2.16. The van der Waals surface area contributed by atoms with Gasteiger partial charge in [0.1, 0.15) is 11.6 Å². The van der Waals surface area contributed by atoms with Crippen molar-refractivity contribution >= 4 is 17.2 Å². The van der Waals surface area contributed by atoms with Gasteiger partial charge >= 0.3 is 0 Å². The Kier molecular flexibility index (Phi) is 3.23. The van der Waals surface area contributed by atoms with Gasteiger partial charge in [-0.25, -0.2) is 0 Å². The Morgan fingerprint density at radius 1 is 1.23 bits per heavy atom. The molecular formula is C18H16ClN3. The molecule has 1 atom stereocenters. The maximum Gasteiger partial charge on any atom is 0.141 e. The van der Waals surface area contributed by atoms with Crippen LogP contribution in [-0.2, 0) is 6.42 Å². The SMILES string of the molecule is Cc1nnc2n1-c1ccccc1C(C1C=C(Cl)C=CC1)=CC2. The fourth-order valence-electron chi connectivity index (χ4n) is 3.29. The first-order valence-corrected chi connectivity index (χ1v) is 7.86. The summed E-state index contributed by atoms with van der Waals surface area (Å²) in [5, 5.41) is 9.36. The molecule has 0 saturated carbocycles. The minimum atomic E-state index is 0.316. The van der Waals surface area contributed by atoms with Gasteiger partial charge in [-0.05, 0) is 31.1 Å². The second-order valence-corrected chi connectivity index (χ2v) is 6.11. The van der Waals surface area contributed by atoms with Crippen LogP contribution in [0, 0.1) is 12.8 Å². The smallest absolute Gasteiger partial charge is 0.141 e. The van der Waals surface area contributed by atoms with Crippen LogP contribution < -0.4 is 0 Å². The molecule has 0 radical (unpaired) electrons. The minimum Gasteiger partial charge on any atom is -0.282 e. The highest BCUT2D eigenvalue weighted by atomic mass is 35.5. The molecule has 0 spiro atoms. The van der Waals surface area contributed by atoms with Gasteiger partial charge < -0.3 is 0 Å². The lowest BCUT2D eigenvalue weighted by molar-refractivity contribution is 0.837. The van der Waals surface area contributed by atoms with E-state index in [2.05, 4.69) is 57.3 Å². The van der Waals surface area contributed by atoms with Crippen LogP contribution >= 0.6 is 11.6 Å². The molecule has 110 valence electrons. The highest BCUT2D eigenvalue weighted by Gasteiger charge is 2.23. The van der Waals surface area contributed by atoms with Gasteiger partial charge in [0.25, 0.3) is 0 Å². The predicted molar refractivity (Wildman–Crippen MR) is 89.0 cm³/mol. The summed E-state index contributed by atoms with van der Waals surface area (Å²) >= 11 is 6.21. The normalized spacial score (nSPS) is 19.8. The molecule has 2 heterocycles. The van der Waals surface area contributed by atoms with Crippen molar-refractivity contribution in [2.45, 2.75) is 19.8 Å². The Labute approximate surface area is 134 Å². The number of hydrogen-bond donors (Lipinski definition) is 0. The number of hydrogen-bond acceptors (Lipinski definition) is 2. The third-order valence-corrected chi connectivity index (χ3v) is 4.53. The zero-order valence-electron chi connectivity index (χ0n) is 12.3. The van der Waals surface area contributed by atoms with E-state index in [1.807, 2.05) is 13.0 Å². The number of para-hydroxylation sites is 1. The monoisotopic (exact) mass is 309 g/mol. The number of nitrogens with zero attached hydrogens (tertiary/aromatic N) is 3. The fraction of sp³-hybridized carbons (Fsp3) is 0.222. The van der Waals surface area contributed by atoms with Crippen LogP contribution in [0.3, 0.4) is 0 Å². The zero-order valence-corrected chi connectivity index (χ0v) is 13.1. The molecule has 0 saturated heterocycles. The molecule has 1 aliphatic heterocycles. The summed E-state index contributed by atoms with van der Waals surface area (Å²) in [5.74, 6) is 2.23. The van der Waals surface area contributed by atoms with Gasteiger partial charge in [-0.1, -0.05) is 48.0 Å². The lowest BCUT2D eigenvalue weighted by Crippen LogP contribution is -2.06. The molecule has 2 aliphatic rings. The molecule has 0 N–H and O–H groups in total. The molecule has 4 rings (SSSR count). The topological polar surface area (TPSA) is 30.7 Å². The standard InChI is InChI=1S/C18H16ClN3/c1-12-20-21-18-10-9-15(13-5-4-6-14(19)11-13)16-7-2-3-8-17(16)22(12)18/h2-4,6-9,11,13H,5,10H2,1H3. The molecular weight excluding hydrogens is 294 g/mol. The molecule has 1 unspecified atom stereocenters. The molecule has 1 aliphatic carbocycles. The van der Waals surface area contributed by atoms with Gasteiger partial charge in [0.2, 0.25) is 0 Å². The lowest BCUT2D eigenvalue weighted by Gasteiger charge is -2.20. The number of benzene rings is 1. The molecule has 22 heavy (non-hydrogen) atoms. The number of fused-ring (bicyclic) bond motifs is 3. The number of aryl methyl sites for hydroxylation is 1. The van der Waals surface area contributed by atoms with E-state index in [1.165, 1.54) is 11.1 Å². The van der Waals surface area contributed by atoms with Crippen molar-refractivity contribution in [3.8, 4) is 5.69 Å². The van der Waals surface area contributed by atoms with E-state index in [0.29, 0.717) is 5.92 Å². The van der Waals surface area contributed by atoms with E-state index in [4.69, 9.17) is 11.6 Å². The second kappa shape index (κ2) is 5.25. The summed E-state index contributed by atoms with van der Waals surface area (Å²) in [7, 11) is 0. The maximum atomic E-state index is 6.21. The summed E-state index contributed by atoms with van der Waals surface area (Å²) in [6.07, 6.45) is 10.3. The summed E-state index contributed by atoms with van der Waals surface area (Å²) in [5.41, 5.74) is 3.72. The van der Waals surface area contributed by atoms with Gasteiger partial charge in [-0.15, -0.1) is 10.2 Å². The van der Waals surface area contributed by atoms with E-state index >= 15 is 0 Å². The summed E-state index contributed by atoms with van der Waals surface area (Å²) in [6, 6.07) is 8.46. The first kappa shape index (κ1) is 13.5. The van der Waals surface area contributed by atoms with Crippen molar-refractivity contribution in [2.24, 2.45) is 5.92 Å². The molecule has 4 heteroatoms. The van der Waals surface area contributed by atoms with Crippen LogP contribution in [0.1, 0.15) is 23.6 Å². The highest BCUT2D eigenvalue weighted by molar-refractivity contribution is 6.31. The van der Waals surface area contributed by atoms with E-state index in [9.17, 15) is 0 Å². The average Bonchev–Trinajstić information content (AvgIpc) is 2.80. The third kappa shape index (κ3) is 2.13. The fourth-order valence-corrected chi connectivity index (χ4v) is 3.53. The van der Waals surface area contributed by atoms with Crippen LogP contribution in [0.4, 0.5) is 0 Å². The van der Waals surface area contributed by atoms with Crippen molar-refractivity contribution in [2.75, 3.05) is 0 Å². The minimum absolute atomic E-state index is 0.316. The second-order valence-electron chi connectivity index (χ2n) is 5.68. The van der Waals surface area contributed by atoms with E-state index in [1.54, 1.807) is 0 Å². The number of halogens is 1. The van der Waals surface area contributed by atoms with E-state index in [0.717, 1.165) is 35.2 Å². The number of rotatable bonds is 1. The van der Waals surface area contributed by atoms with Gasteiger partial charge in [-0.2, -0.15) is 0 Å². The van der Waals surface area contributed by atoms with Crippen LogP contribution in [-0.4, -0.2) is 14.8 Å². The number of allylic oxidation sites excluding steroid dienone is 6. The Morgan fingerprint density at radius 3 is 2.95 bits per heavy atom. The van der Waals surface area contributed by atoms with Gasteiger partial charge in [0.15, 0.2) is 0 Å². The van der Waals surface area contributed by atoms with Gasteiger partial charge in [0.05, 0.1) is 5.69 Å². The van der Waals surface area contributed by atoms with Crippen LogP contribution in [0.25, 0.3) is 11.3 Å². The first-order chi connectivity index (χ1) is 10.7. The van der Waals surface area contributed by atoms with Crippen molar-refractivity contribution in [1.29, 1.82) is 0 Å². The quantitative estimate of drug-likeness (QED) is 0.790. The molecule has 1 aromatic heterocycles. The summed E-state index contributed by atoms with van der Waals surface area (Å²) in [6.45, 7) is 2.00. The average molecular weight is 310 g/mol. The molecule has 0 amide bonds. The van der Waals surface area contributed by atoms with Gasteiger partial charge in [-0.3, -0.25) is 4.57 Å². The largest absolute Gasteiger partial charge is 0.282 e. The zero-order chi connectivity index (χ0) is 15.1. The highest BCUT2D eigenvalue weighted by Crippen LogP contribution is 2.37. The van der Waals surface area contributed by atoms with Crippen molar-refractivity contribution in [1.82, 2.24) is 14.8 Å². The summed E-state index contributed by atoms with van der Waals surface area (Å²) in [4.78, 5) is 0. The molecule has 1 aromatic carbocycles.